The van der Waals surface area contributed by atoms with Crippen LogP contribution in [-0.2, 0) is 6.18 Å². The third-order valence-electron chi connectivity index (χ3n) is 2.09. The normalized spacial score (nSPS) is 11.4. The zero-order valence-electron chi connectivity index (χ0n) is 9.58. The van der Waals surface area contributed by atoms with Crippen LogP contribution in [0.4, 0.5) is 23.4 Å². The number of hydrogen-bond donors (Lipinski definition) is 1. The first-order valence-electron chi connectivity index (χ1n) is 5.10. The molecule has 0 radical (unpaired) electrons. The van der Waals surface area contributed by atoms with Crippen LogP contribution in [0, 0.1) is 5.82 Å². The fourth-order valence-corrected chi connectivity index (χ4v) is 1.40. The Balaban J connectivity index is 2.33. The molecule has 0 amide bonds. The summed E-state index contributed by atoms with van der Waals surface area (Å²) in [5.74, 6) is -3.16. The molecule has 0 atom stereocenters. The molecule has 0 spiro atoms. The van der Waals surface area contributed by atoms with Gasteiger partial charge < -0.3 is 10.5 Å². The van der Waals surface area contributed by atoms with Gasteiger partial charge in [-0.1, -0.05) is 11.6 Å². The molecule has 1 aromatic heterocycles. The summed E-state index contributed by atoms with van der Waals surface area (Å²) in [5.41, 5.74) is 5.24. The number of alkyl halides is 3. The summed E-state index contributed by atoms with van der Waals surface area (Å²) < 4.78 is 55.7. The predicted molar refractivity (Wildman–Crippen MR) is 62.9 cm³/mol. The first-order valence-corrected chi connectivity index (χ1v) is 5.48. The number of rotatable bonds is 2. The highest BCUT2D eigenvalue weighted by atomic mass is 35.5. The van der Waals surface area contributed by atoms with Crippen LogP contribution in [0.25, 0.3) is 0 Å². The van der Waals surface area contributed by atoms with Crippen LogP contribution in [0.15, 0.2) is 24.3 Å². The van der Waals surface area contributed by atoms with Crippen molar-refractivity contribution in [1.29, 1.82) is 0 Å². The Morgan fingerprint density at radius 1 is 1.15 bits per heavy atom. The van der Waals surface area contributed by atoms with Crippen molar-refractivity contribution in [3.63, 3.8) is 0 Å². The van der Waals surface area contributed by atoms with E-state index in [1.54, 1.807) is 0 Å². The maximum Gasteiger partial charge on any atom is 0.451 e. The second kappa shape index (κ2) is 5.12. The van der Waals surface area contributed by atoms with Gasteiger partial charge in [0.1, 0.15) is 17.4 Å². The number of ether oxygens (including phenoxy) is 1. The number of nitrogens with two attached hydrogens (primary N) is 1. The minimum Gasteiger partial charge on any atom is -0.439 e. The van der Waals surface area contributed by atoms with Gasteiger partial charge in [0, 0.05) is 12.1 Å². The largest absolute Gasteiger partial charge is 0.451 e. The van der Waals surface area contributed by atoms with Gasteiger partial charge in [-0.3, -0.25) is 0 Å². The topological polar surface area (TPSA) is 61.0 Å². The fourth-order valence-electron chi connectivity index (χ4n) is 1.28. The molecular weight excluding hydrogens is 302 g/mol. The van der Waals surface area contributed by atoms with Gasteiger partial charge >= 0.3 is 6.18 Å². The standard InChI is InChI=1S/C11H6ClF4N3O/c12-6-2-1-5(3-7(6)13)20-9-4-8(17)18-10(19-9)11(14,15)16/h1-4H,(H2,17,18,19). The number of halogens is 5. The van der Waals surface area contributed by atoms with E-state index < -0.39 is 29.5 Å². The van der Waals surface area contributed by atoms with Crippen molar-refractivity contribution in [3.05, 3.63) is 40.9 Å². The molecular formula is C11H6ClF4N3O. The van der Waals surface area contributed by atoms with Gasteiger partial charge in [-0.05, 0) is 12.1 Å². The smallest absolute Gasteiger partial charge is 0.439 e. The molecule has 20 heavy (non-hydrogen) atoms. The molecule has 2 aromatic rings. The number of nitrogens with zero attached hydrogens (tertiary/aromatic N) is 2. The molecule has 0 unspecified atom stereocenters. The highest BCUT2D eigenvalue weighted by Gasteiger charge is 2.35. The van der Waals surface area contributed by atoms with Gasteiger partial charge in [-0.15, -0.1) is 0 Å². The molecule has 1 aromatic carbocycles. The zero-order chi connectivity index (χ0) is 14.9. The van der Waals surface area contributed by atoms with Crippen molar-refractivity contribution in [2.45, 2.75) is 6.18 Å². The van der Waals surface area contributed by atoms with Crippen molar-refractivity contribution >= 4 is 17.4 Å². The lowest BCUT2D eigenvalue weighted by Crippen LogP contribution is -2.12. The summed E-state index contributed by atoms with van der Waals surface area (Å²) in [5, 5.41) is -0.143. The molecule has 106 valence electrons. The predicted octanol–water partition coefficient (Wildman–Crippen LogP) is 3.66. The summed E-state index contributed by atoms with van der Waals surface area (Å²) in [6, 6.07) is 4.37. The van der Waals surface area contributed by atoms with Gasteiger partial charge in [0.15, 0.2) is 0 Å². The van der Waals surface area contributed by atoms with Crippen molar-refractivity contribution in [1.82, 2.24) is 9.97 Å². The molecule has 0 fully saturated rings. The molecule has 0 aliphatic carbocycles. The average Bonchev–Trinajstić information content (AvgIpc) is 2.32. The lowest BCUT2D eigenvalue weighted by atomic mass is 10.3. The van der Waals surface area contributed by atoms with E-state index in [4.69, 9.17) is 22.1 Å². The first kappa shape index (κ1) is 14.3. The van der Waals surface area contributed by atoms with Gasteiger partial charge in [0.25, 0.3) is 0 Å². The number of anilines is 1. The molecule has 0 saturated carbocycles. The molecule has 4 nitrogen and oxygen atoms in total. The second-order valence-corrected chi connectivity index (χ2v) is 4.04. The van der Waals surface area contributed by atoms with Crippen LogP contribution in [-0.4, -0.2) is 9.97 Å². The van der Waals surface area contributed by atoms with Gasteiger partial charge in [-0.2, -0.15) is 18.2 Å². The zero-order valence-corrected chi connectivity index (χ0v) is 10.3. The Labute approximate surface area is 115 Å². The van der Waals surface area contributed by atoms with E-state index in [-0.39, 0.29) is 10.8 Å². The summed E-state index contributed by atoms with van der Waals surface area (Å²) in [4.78, 5) is 6.20. The fraction of sp³-hybridized carbons (Fsp3) is 0.0909. The number of aromatic nitrogens is 2. The molecule has 1 heterocycles. The lowest BCUT2D eigenvalue weighted by molar-refractivity contribution is -0.145. The second-order valence-electron chi connectivity index (χ2n) is 3.63. The van der Waals surface area contributed by atoms with E-state index in [1.165, 1.54) is 12.1 Å². The minimum atomic E-state index is -4.77. The lowest BCUT2D eigenvalue weighted by Gasteiger charge is -2.09. The number of nitrogen functional groups attached to an aromatic ring is 1. The van der Waals surface area contributed by atoms with Crippen LogP contribution < -0.4 is 10.5 Å². The summed E-state index contributed by atoms with van der Waals surface area (Å²) in [6.45, 7) is 0. The van der Waals surface area contributed by atoms with E-state index in [0.717, 1.165) is 12.1 Å². The van der Waals surface area contributed by atoms with E-state index in [9.17, 15) is 17.6 Å². The maximum atomic E-state index is 13.2. The van der Waals surface area contributed by atoms with Crippen molar-refractivity contribution in [3.8, 4) is 11.6 Å². The summed E-state index contributed by atoms with van der Waals surface area (Å²) in [7, 11) is 0. The van der Waals surface area contributed by atoms with Crippen LogP contribution in [0.5, 0.6) is 11.6 Å². The van der Waals surface area contributed by atoms with E-state index in [1.807, 2.05) is 0 Å². The summed E-state index contributed by atoms with van der Waals surface area (Å²) >= 11 is 5.47. The average molecular weight is 308 g/mol. The molecule has 0 saturated heterocycles. The Kier molecular flexibility index (Phi) is 3.67. The van der Waals surface area contributed by atoms with Crippen molar-refractivity contribution in [2.75, 3.05) is 5.73 Å². The van der Waals surface area contributed by atoms with Gasteiger partial charge in [0.05, 0.1) is 5.02 Å². The molecule has 2 N–H and O–H groups in total. The Hall–Kier alpha value is -2.09. The Bertz CT molecular complexity index is 648. The van der Waals surface area contributed by atoms with E-state index in [2.05, 4.69) is 9.97 Å². The SMILES string of the molecule is Nc1cc(Oc2ccc(Cl)c(F)c2)nc(C(F)(F)F)n1. The van der Waals surface area contributed by atoms with Crippen molar-refractivity contribution in [2.24, 2.45) is 0 Å². The molecule has 2 rings (SSSR count). The third-order valence-corrected chi connectivity index (χ3v) is 2.40. The Morgan fingerprint density at radius 3 is 2.45 bits per heavy atom. The first-order chi connectivity index (χ1) is 9.25. The van der Waals surface area contributed by atoms with Crippen LogP contribution >= 0.6 is 11.6 Å². The molecule has 9 heteroatoms. The third kappa shape index (κ3) is 3.27. The monoisotopic (exact) mass is 307 g/mol. The number of benzene rings is 1. The van der Waals surface area contributed by atoms with E-state index in [0.29, 0.717) is 0 Å². The van der Waals surface area contributed by atoms with Crippen LogP contribution in [0.1, 0.15) is 5.82 Å². The highest BCUT2D eigenvalue weighted by Crippen LogP contribution is 2.30. The molecule has 0 aliphatic heterocycles. The van der Waals surface area contributed by atoms with Crippen LogP contribution in [0.2, 0.25) is 5.02 Å². The summed E-state index contributed by atoms with van der Waals surface area (Å²) in [6.07, 6.45) is -4.77. The van der Waals surface area contributed by atoms with Crippen molar-refractivity contribution < 1.29 is 22.3 Å². The molecule has 0 aliphatic rings. The van der Waals surface area contributed by atoms with E-state index >= 15 is 0 Å². The highest BCUT2D eigenvalue weighted by molar-refractivity contribution is 6.30. The number of hydrogen-bond acceptors (Lipinski definition) is 4. The maximum absolute atomic E-state index is 13.2. The van der Waals surface area contributed by atoms with Gasteiger partial charge in [-0.25, -0.2) is 9.37 Å². The van der Waals surface area contributed by atoms with Crippen LogP contribution in [0.3, 0.4) is 0 Å². The molecule has 0 bridgehead atoms. The minimum absolute atomic E-state index is 0.0712. The quantitative estimate of drug-likeness (QED) is 0.860. The van der Waals surface area contributed by atoms with Gasteiger partial charge in [0.2, 0.25) is 11.7 Å². The Morgan fingerprint density at radius 2 is 1.85 bits per heavy atom.